The lowest BCUT2D eigenvalue weighted by Gasteiger charge is -2.33. The first-order valence-corrected chi connectivity index (χ1v) is 15.2. The fraction of sp³-hybridized carbons (Fsp3) is 0.462. The number of hydrogen-bond acceptors (Lipinski definition) is 7. The third-order valence-corrected chi connectivity index (χ3v) is 8.36. The highest BCUT2D eigenvalue weighted by Gasteiger charge is 2.32. The van der Waals surface area contributed by atoms with E-state index in [1.807, 2.05) is 12.1 Å². The Morgan fingerprint density at radius 2 is 1.79 bits per heavy atom. The van der Waals surface area contributed by atoms with Gasteiger partial charge in [-0.3, -0.25) is 24.0 Å². The van der Waals surface area contributed by atoms with Crippen molar-refractivity contribution in [3.63, 3.8) is 0 Å². The van der Waals surface area contributed by atoms with Gasteiger partial charge in [-0.2, -0.15) is 0 Å². The summed E-state index contributed by atoms with van der Waals surface area (Å²) in [5.74, 6) is -0.934. The van der Waals surface area contributed by atoms with Crippen molar-refractivity contribution in [1.29, 1.82) is 0 Å². The molecule has 39 heavy (non-hydrogen) atoms. The number of halogens is 1. The van der Waals surface area contributed by atoms with Crippen LogP contribution in [0.1, 0.15) is 44.6 Å². The largest absolute Gasteiger partial charge is 0.495 e. The number of rotatable bonds is 11. The number of methoxy groups -OCH3 is 1. The number of anilines is 1. The van der Waals surface area contributed by atoms with Crippen molar-refractivity contribution in [3.8, 4) is 5.75 Å². The second-order valence-corrected chi connectivity index (χ2v) is 12.4. The van der Waals surface area contributed by atoms with Crippen LogP contribution in [0.15, 0.2) is 46.9 Å². The molecule has 0 unspecified atom stereocenters. The third-order valence-electron chi connectivity index (χ3n) is 6.71. The van der Waals surface area contributed by atoms with Crippen molar-refractivity contribution in [2.24, 2.45) is 0 Å². The zero-order valence-corrected chi connectivity index (χ0v) is 24.5. The van der Waals surface area contributed by atoms with Crippen LogP contribution in [0.3, 0.4) is 0 Å². The molecule has 2 amide bonds. The van der Waals surface area contributed by atoms with Crippen molar-refractivity contribution < 1.29 is 27.7 Å². The lowest BCUT2D eigenvalue weighted by Crippen LogP contribution is -2.53. The first-order valence-electron chi connectivity index (χ1n) is 12.5. The summed E-state index contributed by atoms with van der Waals surface area (Å²) in [4.78, 5) is 39.0. The number of benzene rings is 2. The van der Waals surface area contributed by atoms with Gasteiger partial charge in [-0.25, -0.2) is 8.42 Å². The minimum Gasteiger partial charge on any atom is -0.495 e. The van der Waals surface area contributed by atoms with E-state index in [1.54, 1.807) is 19.1 Å². The van der Waals surface area contributed by atoms with E-state index in [0.29, 0.717) is 0 Å². The molecule has 212 valence electrons. The first kappa shape index (κ1) is 30.4. The number of hydrogen-bond donors (Lipinski definition) is 1. The molecule has 1 aliphatic carbocycles. The number of ether oxygens (including phenoxy) is 1. The molecule has 1 N–H and O–H groups in total. The number of nitro benzene ring substituents is 1. The summed E-state index contributed by atoms with van der Waals surface area (Å²) in [7, 11) is -2.80. The Hall–Kier alpha value is -3.19. The molecule has 0 radical (unpaired) electrons. The molecule has 0 aromatic heterocycles. The standard InChI is InChI=1S/C26H33BrN4O7S/c1-18(26(33)28-21-7-5-4-6-8-21)29(16-19-9-11-20(27)12-10-19)25(32)17-30(39(3,36)37)23-15-22(31(34)35)13-14-24(23)38-2/h9-15,18,21H,4-8,16-17H2,1-3H3,(H,28,33)/t18-/m0/s1. The smallest absolute Gasteiger partial charge is 0.271 e. The van der Waals surface area contributed by atoms with Crippen molar-refractivity contribution >= 4 is 49.1 Å². The number of carbonyl (C=O) groups excluding carboxylic acids is 2. The summed E-state index contributed by atoms with van der Waals surface area (Å²) >= 11 is 3.38. The monoisotopic (exact) mass is 624 g/mol. The first-order chi connectivity index (χ1) is 18.4. The predicted molar refractivity (Wildman–Crippen MR) is 151 cm³/mol. The van der Waals surface area contributed by atoms with E-state index in [4.69, 9.17) is 4.74 Å². The quantitative estimate of drug-likeness (QED) is 0.294. The molecule has 0 bridgehead atoms. The van der Waals surface area contributed by atoms with Gasteiger partial charge in [0.2, 0.25) is 21.8 Å². The maximum Gasteiger partial charge on any atom is 0.271 e. The molecule has 11 nitrogen and oxygen atoms in total. The summed E-state index contributed by atoms with van der Waals surface area (Å²) in [5, 5.41) is 14.4. The number of nitrogens with one attached hydrogen (secondary N) is 1. The number of sulfonamides is 1. The predicted octanol–water partition coefficient (Wildman–Crippen LogP) is 4.00. The Labute approximate surface area is 236 Å². The maximum absolute atomic E-state index is 13.8. The normalized spacial score (nSPS) is 14.8. The Balaban J connectivity index is 1.95. The molecule has 3 rings (SSSR count). The summed E-state index contributed by atoms with van der Waals surface area (Å²) in [6, 6.07) is 9.84. The van der Waals surface area contributed by atoms with E-state index >= 15 is 0 Å². The molecule has 0 saturated heterocycles. The second kappa shape index (κ2) is 13.2. The van der Waals surface area contributed by atoms with E-state index in [0.717, 1.165) is 58.8 Å². The van der Waals surface area contributed by atoms with E-state index in [2.05, 4.69) is 21.2 Å². The fourth-order valence-electron chi connectivity index (χ4n) is 4.52. The molecule has 0 heterocycles. The fourth-order valence-corrected chi connectivity index (χ4v) is 5.63. The number of non-ortho nitro benzene ring substituents is 1. The van der Waals surface area contributed by atoms with Crippen LogP contribution in [0.5, 0.6) is 5.75 Å². The van der Waals surface area contributed by atoms with Gasteiger partial charge in [0, 0.05) is 29.2 Å². The van der Waals surface area contributed by atoms with E-state index in [-0.39, 0.29) is 35.6 Å². The Morgan fingerprint density at radius 3 is 2.36 bits per heavy atom. The summed E-state index contributed by atoms with van der Waals surface area (Å²) in [6.45, 7) is 0.969. The van der Waals surface area contributed by atoms with Crippen LogP contribution >= 0.6 is 15.9 Å². The number of carbonyl (C=O) groups is 2. The van der Waals surface area contributed by atoms with Gasteiger partial charge in [-0.15, -0.1) is 0 Å². The zero-order chi connectivity index (χ0) is 28.7. The molecular weight excluding hydrogens is 592 g/mol. The molecule has 0 spiro atoms. The molecule has 1 atom stereocenters. The Morgan fingerprint density at radius 1 is 1.15 bits per heavy atom. The van der Waals surface area contributed by atoms with E-state index in [9.17, 15) is 28.1 Å². The molecular formula is C26H33BrN4O7S. The van der Waals surface area contributed by atoms with Crippen LogP contribution in [0, 0.1) is 10.1 Å². The van der Waals surface area contributed by atoms with Crippen molar-refractivity contribution in [3.05, 3.63) is 62.6 Å². The minimum atomic E-state index is -4.09. The van der Waals surface area contributed by atoms with Gasteiger partial charge >= 0.3 is 0 Å². The summed E-state index contributed by atoms with van der Waals surface area (Å²) in [5.41, 5.74) is 0.229. The number of amides is 2. The number of nitrogens with zero attached hydrogens (tertiary/aromatic N) is 3. The highest BCUT2D eigenvalue weighted by molar-refractivity contribution is 9.10. The zero-order valence-electron chi connectivity index (χ0n) is 22.1. The van der Waals surface area contributed by atoms with Crippen LogP contribution in [-0.4, -0.2) is 62.0 Å². The van der Waals surface area contributed by atoms with Gasteiger partial charge in [-0.1, -0.05) is 47.3 Å². The number of nitro groups is 1. The van der Waals surface area contributed by atoms with Crippen molar-refractivity contribution in [2.45, 2.75) is 57.7 Å². The second-order valence-electron chi connectivity index (χ2n) is 9.55. The molecule has 1 aliphatic rings. The van der Waals surface area contributed by atoms with Crippen molar-refractivity contribution in [1.82, 2.24) is 10.2 Å². The molecule has 2 aromatic carbocycles. The lowest BCUT2D eigenvalue weighted by molar-refractivity contribution is -0.384. The van der Waals surface area contributed by atoms with Gasteiger partial charge in [-0.05, 0) is 43.5 Å². The van der Waals surface area contributed by atoms with Crippen LogP contribution in [0.4, 0.5) is 11.4 Å². The maximum atomic E-state index is 13.8. The van der Waals surface area contributed by atoms with Gasteiger partial charge in [0.05, 0.1) is 18.3 Å². The molecule has 13 heteroatoms. The minimum absolute atomic E-state index is 0.0278. The Kier molecular flexibility index (Phi) is 10.3. The van der Waals surface area contributed by atoms with Crippen LogP contribution in [0.25, 0.3) is 0 Å². The highest BCUT2D eigenvalue weighted by Crippen LogP contribution is 2.34. The van der Waals surface area contributed by atoms with Gasteiger partial charge in [0.25, 0.3) is 5.69 Å². The van der Waals surface area contributed by atoms with E-state index in [1.165, 1.54) is 24.1 Å². The molecule has 1 fully saturated rings. The lowest BCUT2D eigenvalue weighted by atomic mass is 9.95. The van der Waals surface area contributed by atoms with Gasteiger partial charge in [0.1, 0.15) is 24.0 Å². The third kappa shape index (κ3) is 8.15. The molecule has 0 aliphatic heterocycles. The highest BCUT2D eigenvalue weighted by atomic mass is 79.9. The summed E-state index contributed by atoms with van der Waals surface area (Å²) < 4.78 is 32.6. The van der Waals surface area contributed by atoms with Crippen molar-refractivity contribution in [2.75, 3.05) is 24.2 Å². The van der Waals surface area contributed by atoms with Crippen LogP contribution < -0.4 is 14.4 Å². The van der Waals surface area contributed by atoms with E-state index < -0.39 is 33.4 Å². The average Bonchev–Trinajstić information content (AvgIpc) is 2.90. The van der Waals surface area contributed by atoms with Crippen LogP contribution in [-0.2, 0) is 26.2 Å². The molecule has 1 saturated carbocycles. The van der Waals surface area contributed by atoms with Crippen LogP contribution in [0.2, 0.25) is 0 Å². The van der Waals surface area contributed by atoms with Gasteiger partial charge in [0.15, 0.2) is 0 Å². The average molecular weight is 626 g/mol. The van der Waals surface area contributed by atoms with Gasteiger partial charge < -0.3 is 15.0 Å². The Bertz CT molecular complexity index is 1300. The molecule has 2 aromatic rings. The topological polar surface area (TPSA) is 139 Å². The summed E-state index contributed by atoms with van der Waals surface area (Å²) in [6.07, 6.45) is 5.81. The SMILES string of the molecule is COc1ccc([N+](=O)[O-])cc1N(CC(=O)N(Cc1ccc(Br)cc1)[C@@H](C)C(=O)NC1CCCCC1)S(C)(=O)=O.